The summed E-state index contributed by atoms with van der Waals surface area (Å²) in [6.45, 7) is 5.33. The highest BCUT2D eigenvalue weighted by Crippen LogP contribution is 2.22. The summed E-state index contributed by atoms with van der Waals surface area (Å²) in [7, 11) is 1.98. The van der Waals surface area contributed by atoms with Crippen molar-refractivity contribution in [3.63, 3.8) is 0 Å². The molecule has 3 nitrogen and oxygen atoms in total. The van der Waals surface area contributed by atoms with E-state index in [-0.39, 0.29) is 0 Å². The van der Waals surface area contributed by atoms with Crippen LogP contribution in [0.1, 0.15) is 18.5 Å². The third-order valence-electron chi connectivity index (χ3n) is 2.81. The van der Waals surface area contributed by atoms with Crippen LogP contribution in [0.5, 0.6) is 0 Å². The molecule has 0 aromatic carbocycles. The average molecular weight is 203 g/mol. The highest BCUT2D eigenvalue weighted by atomic mass is 15.0. The molecule has 0 fully saturated rings. The SMILES string of the molecule is CNCC(C)n1cc(C)c2cnccc21. The number of aromatic nitrogens is 2. The van der Waals surface area contributed by atoms with E-state index in [2.05, 4.69) is 41.0 Å². The molecule has 0 aliphatic heterocycles. The smallest absolute Gasteiger partial charge is 0.0517 e. The monoisotopic (exact) mass is 203 g/mol. The van der Waals surface area contributed by atoms with E-state index in [1.807, 2.05) is 19.4 Å². The summed E-state index contributed by atoms with van der Waals surface area (Å²) in [5.41, 5.74) is 2.56. The van der Waals surface area contributed by atoms with Gasteiger partial charge in [0, 0.05) is 36.6 Å². The number of hydrogen-bond donors (Lipinski definition) is 1. The first kappa shape index (κ1) is 10.2. The van der Waals surface area contributed by atoms with Crippen LogP contribution >= 0.6 is 0 Å². The minimum absolute atomic E-state index is 0.466. The van der Waals surface area contributed by atoms with Crippen molar-refractivity contribution >= 4 is 10.9 Å². The predicted molar refractivity (Wildman–Crippen MR) is 63.1 cm³/mol. The second-order valence-corrected chi connectivity index (χ2v) is 4.02. The lowest BCUT2D eigenvalue weighted by molar-refractivity contribution is 0.532. The van der Waals surface area contributed by atoms with Gasteiger partial charge in [-0.3, -0.25) is 4.98 Å². The molecule has 1 atom stereocenters. The van der Waals surface area contributed by atoms with Crippen LogP contribution in [0.4, 0.5) is 0 Å². The van der Waals surface area contributed by atoms with Crippen molar-refractivity contribution in [1.29, 1.82) is 0 Å². The molecule has 80 valence electrons. The predicted octanol–water partition coefficient (Wildman–Crippen LogP) is 2.13. The van der Waals surface area contributed by atoms with Gasteiger partial charge in [0.25, 0.3) is 0 Å². The van der Waals surface area contributed by atoms with Gasteiger partial charge in [-0.15, -0.1) is 0 Å². The average Bonchev–Trinajstić information content (AvgIpc) is 2.58. The van der Waals surface area contributed by atoms with E-state index in [9.17, 15) is 0 Å². The maximum Gasteiger partial charge on any atom is 0.0517 e. The summed E-state index contributed by atoms with van der Waals surface area (Å²) in [6.07, 6.45) is 5.99. The third kappa shape index (κ3) is 1.75. The van der Waals surface area contributed by atoms with Crippen molar-refractivity contribution in [2.45, 2.75) is 19.9 Å². The molecular weight excluding hydrogens is 186 g/mol. The normalized spacial score (nSPS) is 13.3. The van der Waals surface area contributed by atoms with Crippen LogP contribution in [0, 0.1) is 6.92 Å². The second kappa shape index (κ2) is 4.03. The van der Waals surface area contributed by atoms with E-state index < -0.39 is 0 Å². The Hall–Kier alpha value is -1.35. The van der Waals surface area contributed by atoms with Gasteiger partial charge in [-0.2, -0.15) is 0 Å². The zero-order valence-corrected chi connectivity index (χ0v) is 9.49. The highest BCUT2D eigenvalue weighted by Gasteiger charge is 2.09. The Morgan fingerprint density at radius 3 is 3.07 bits per heavy atom. The largest absolute Gasteiger partial charge is 0.343 e. The molecule has 1 N–H and O–H groups in total. The highest BCUT2D eigenvalue weighted by molar-refractivity contribution is 5.82. The third-order valence-corrected chi connectivity index (χ3v) is 2.81. The minimum atomic E-state index is 0.466. The molecule has 0 spiro atoms. The first-order valence-electron chi connectivity index (χ1n) is 5.29. The number of aryl methyl sites for hydroxylation is 1. The Balaban J connectivity index is 2.52. The lowest BCUT2D eigenvalue weighted by Gasteiger charge is -2.14. The molecule has 2 heterocycles. The Labute approximate surface area is 90.1 Å². The van der Waals surface area contributed by atoms with Crippen LogP contribution in [-0.4, -0.2) is 23.1 Å². The van der Waals surface area contributed by atoms with E-state index >= 15 is 0 Å². The zero-order valence-electron chi connectivity index (χ0n) is 9.49. The molecule has 0 radical (unpaired) electrons. The lowest BCUT2D eigenvalue weighted by Crippen LogP contribution is -2.19. The van der Waals surface area contributed by atoms with E-state index in [4.69, 9.17) is 0 Å². The molecule has 15 heavy (non-hydrogen) atoms. The molecule has 0 bridgehead atoms. The molecule has 2 aromatic heterocycles. The van der Waals surface area contributed by atoms with Gasteiger partial charge in [0.1, 0.15) is 0 Å². The van der Waals surface area contributed by atoms with Crippen molar-refractivity contribution in [2.75, 3.05) is 13.6 Å². The van der Waals surface area contributed by atoms with Crippen molar-refractivity contribution < 1.29 is 0 Å². The Bertz CT molecular complexity index is 459. The van der Waals surface area contributed by atoms with Crippen molar-refractivity contribution in [3.8, 4) is 0 Å². The summed E-state index contributed by atoms with van der Waals surface area (Å²) < 4.78 is 2.31. The second-order valence-electron chi connectivity index (χ2n) is 4.02. The molecule has 0 amide bonds. The summed E-state index contributed by atoms with van der Waals surface area (Å²) >= 11 is 0. The molecule has 1 unspecified atom stereocenters. The Morgan fingerprint density at radius 1 is 1.53 bits per heavy atom. The maximum atomic E-state index is 4.16. The van der Waals surface area contributed by atoms with Gasteiger partial charge in [-0.25, -0.2) is 0 Å². The van der Waals surface area contributed by atoms with Crippen molar-refractivity contribution in [1.82, 2.24) is 14.9 Å². The first-order chi connectivity index (χ1) is 7.24. The fraction of sp³-hybridized carbons (Fsp3) is 0.417. The van der Waals surface area contributed by atoms with E-state index in [1.165, 1.54) is 16.5 Å². The molecule has 0 saturated carbocycles. The molecular formula is C12H17N3. The molecule has 2 aromatic rings. The van der Waals surface area contributed by atoms with Gasteiger partial charge in [0.05, 0.1) is 5.52 Å². The van der Waals surface area contributed by atoms with Crippen LogP contribution in [0.2, 0.25) is 0 Å². The zero-order chi connectivity index (χ0) is 10.8. The minimum Gasteiger partial charge on any atom is -0.343 e. The number of likely N-dealkylation sites (N-methyl/N-ethyl adjacent to an activating group) is 1. The van der Waals surface area contributed by atoms with Gasteiger partial charge in [0.15, 0.2) is 0 Å². The molecule has 0 aliphatic rings. The quantitative estimate of drug-likeness (QED) is 0.828. The number of nitrogens with one attached hydrogen (secondary N) is 1. The summed E-state index contributed by atoms with van der Waals surface area (Å²) in [6, 6.07) is 2.54. The standard InChI is InChI=1S/C12H17N3/c1-9-8-15(10(2)6-13-3)12-4-5-14-7-11(9)12/h4-5,7-8,10,13H,6H2,1-3H3. The van der Waals surface area contributed by atoms with Crippen LogP contribution in [0.3, 0.4) is 0 Å². The number of nitrogens with zero attached hydrogens (tertiary/aromatic N) is 2. The Kier molecular flexibility index (Phi) is 2.73. The van der Waals surface area contributed by atoms with Gasteiger partial charge in [-0.1, -0.05) is 0 Å². The van der Waals surface area contributed by atoms with E-state index in [0.717, 1.165) is 6.54 Å². The van der Waals surface area contributed by atoms with Crippen LogP contribution in [0.25, 0.3) is 10.9 Å². The fourth-order valence-corrected chi connectivity index (χ4v) is 2.02. The van der Waals surface area contributed by atoms with Crippen molar-refractivity contribution in [2.24, 2.45) is 0 Å². The summed E-state index contributed by atoms with van der Waals surface area (Å²) in [4.78, 5) is 4.16. The topological polar surface area (TPSA) is 29.9 Å². The number of fused-ring (bicyclic) bond motifs is 1. The summed E-state index contributed by atoms with van der Waals surface area (Å²) in [5.74, 6) is 0. The van der Waals surface area contributed by atoms with Crippen molar-refractivity contribution in [3.05, 3.63) is 30.2 Å². The molecule has 0 saturated heterocycles. The lowest BCUT2D eigenvalue weighted by atomic mass is 10.2. The van der Waals surface area contributed by atoms with Gasteiger partial charge in [-0.05, 0) is 32.5 Å². The summed E-state index contributed by atoms with van der Waals surface area (Å²) in [5, 5.41) is 4.45. The van der Waals surface area contributed by atoms with Crippen LogP contribution in [0.15, 0.2) is 24.7 Å². The van der Waals surface area contributed by atoms with Crippen LogP contribution in [-0.2, 0) is 0 Å². The maximum absolute atomic E-state index is 4.16. The molecule has 2 rings (SSSR count). The van der Waals surface area contributed by atoms with Gasteiger partial charge >= 0.3 is 0 Å². The first-order valence-corrected chi connectivity index (χ1v) is 5.29. The number of pyridine rings is 1. The van der Waals surface area contributed by atoms with E-state index in [1.54, 1.807) is 0 Å². The fourth-order valence-electron chi connectivity index (χ4n) is 2.02. The van der Waals surface area contributed by atoms with Gasteiger partial charge in [0.2, 0.25) is 0 Å². The Morgan fingerprint density at radius 2 is 2.33 bits per heavy atom. The van der Waals surface area contributed by atoms with E-state index in [0.29, 0.717) is 6.04 Å². The van der Waals surface area contributed by atoms with Gasteiger partial charge < -0.3 is 9.88 Å². The molecule has 3 heteroatoms. The number of rotatable bonds is 3. The number of hydrogen-bond acceptors (Lipinski definition) is 2. The molecule has 0 aliphatic carbocycles. The van der Waals surface area contributed by atoms with Crippen LogP contribution < -0.4 is 5.32 Å².